The van der Waals surface area contributed by atoms with Gasteiger partial charge in [-0.25, -0.2) is 0 Å². The number of hydrogen-bond acceptors (Lipinski definition) is 5. The lowest BCUT2D eigenvalue weighted by Crippen LogP contribution is -2.14. The van der Waals surface area contributed by atoms with Gasteiger partial charge in [0.25, 0.3) is 0 Å². The Morgan fingerprint density at radius 2 is 2.00 bits per heavy atom. The molecule has 0 saturated carbocycles. The summed E-state index contributed by atoms with van der Waals surface area (Å²) in [6.07, 6.45) is 0. The van der Waals surface area contributed by atoms with Crippen molar-refractivity contribution in [3.05, 3.63) is 47.1 Å². The molecule has 1 aromatic carbocycles. The van der Waals surface area contributed by atoms with E-state index in [9.17, 15) is 0 Å². The fourth-order valence-electron chi connectivity index (χ4n) is 1.74. The van der Waals surface area contributed by atoms with E-state index in [-0.39, 0.29) is 0 Å². The van der Waals surface area contributed by atoms with Crippen molar-refractivity contribution in [3.8, 4) is 0 Å². The third kappa shape index (κ3) is 3.38. The Balaban J connectivity index is 1.89. The van der Waals surface area contributed by atoms with Gasteiger partial charge in [0.05, 0.1) is 13.2 Å². The molecule has 0 spiro atoms. The number of aryl methyl sites for hydroxylation is 1. The first kappa shape index (κ1) is 12.7. The van der Waals surface area contributed by atoms with Crippen molar-refractivity contribution in [3.63, 3.8) is 0 Å². The van der Waals surface area contributed by atoms with Crippen LogP contribution in [0.15, 0.2) is 28.8 Å². The van der Waals surface area contributed by atoms with E-state index in [0.717, 1.165) is 6.54 Å². The predicted molar refractivity (Wildman–Crippen MR) is 66.7 cm³/mol. The molecule has 96 valence electrons. The molecule has 0 aliphatic carbocycles. The molecule has 1 aromatic heterocycles. The van der Waals surface area contributed by atoms with Crippen LogP contribution in [0.25, 0.3) is 0 Å². The average molecular weight is 247 g/mol. The first-order valence-electron chi connectivity index (χ1n) is 5.85. The van der Waals surface area contributed by atoms with Gasteiger partial charge in [-0.15, -0.1) is 0 Å². The van der Waals surface area contributed by atoms with Gasteiger partial charge in [-0.1, -0.05) is 29.4 Å². The molecule has 1 heterocycles. The Hall–Kier alpha value is -1.72. The molecular formula is C13H17N3O2. The van der Waals surface area contributed by atoms with Crippen LogP contribution in [0.1, 0.15) is 22.8 Å². The monoisotopic (exact) mass is 247 g/mol. The molecule has 0 amide bonds. The SMILES string of the molecule is COCc1ccccc1CNCc1nc(C)no1. The molecule has 0 bridgehead atoms. The van der Waals surface area contributed by atoms with Crippen LogP contribution in [-0.4, -0.2) is 17.3 Å². The summed E-state index contributed by atoms with van der Waals surface area (Å²) in [7, 11) is 1.70. The van der Waals surface area contributed by atoms with E-state index in [2.05, 4.69) is 27.6 Å². The molecule has 5 nitrogen and oxygen atoms in total. The molecule has 5 heteroatoms. The molecule has 0 atom stereocenters. The van der Waals surface area contributed by atoms with E-state index in [0.29, 0.717) is 24.9 Å². The fourth-order valence-corrected chi connectivity index (χ4v) is 1.74. The number of aromatic nitrogens is 2. The normalized spacial score (nSPS) is 10.8. The molecule has 0 unspecified atom stereocenters. The van der Waals surface area contributed by atoms with E-state index in [1.807, 2.05) is 12.1 Å². The third-order valence-electron chi connectivity index (χ3n) is 2.58. The molecule has 2 aromatic rings. The number of hydrogen-bond donors (Lipinski definition) is 1. The maximum absolute atomic E-state index is 5.17. The summed E-state index contributed by atoms with van der Waals surface area (Å²) in [6.45, 7) is 3.75. The van der Waals surface area contributed by atoms with Crippen molar-refractivity contribution >= 4 is 0 Å². The lowest BCUT2D eigenvalue weighted by atomic mass is 10.1. The molecule has 2 rings (SSSR count). The summed E-state index contributed by atoms with van der Waals surface area (Å²) in [4.78, 5) is 4.14. The summed E-state index contributed by atoms with van der Waals surface area (Å²) >= 11 is 0. The minimum atomic E-state index is 0.572. The lowest BCUT2D eigenvalue weighted by Gasteiger charge is -2.08. The number of methoxy groups -OCH3 is 1. The molecule has 1 N–H and O–H groups in total. The Morgan fingerprint density at radius 3 is 2.67 bits per heavy atom. The highest BCUT2D eigenvalue weighted by atomic mass is 16.5. The van der Waals surface area contributed by atoms with Gasteiger partial charge in [0.2, 0.25) is 5.89 Å². The Bertz CT molecular complexity index is 496. The molecule has 0 fully saturated rings. The maximum atomic E-state index is 5.17. The summed E-state index contributed by atoms with van der Waals surface area (Å²) in [5.41, 5.74) is 2.41. The van der Waals surface area contributed by atoms with E-state index >= 15 is 0 Å². The minimum Gasteiger partial charge on any atom is -0.380 e. The predicted octanol–water partition coefficient (Wildman–Crippen LogP) is 1.81. The first-order valence-corrected chi connectivity index (χ1v) is 5.85. The molecule has 0 saturated heterocycles. The van der Waals surface area contributed by atoms with E-state index in [4.69, 9.17) is 9.26 Å². The standard InChI is InChI=1S/C13H17N3O2/c1-10-15-13(18-16-10)8-14-7-11-5-3-4-6-12(11)9-17-2/h3-6,14H,7-9H2,1-2H3. The minimum absolute atomic E-state index is 0.572. The van der Waals surface area contributed by atoms with Gasteiger partial charge in [0.15, 0.2) is 5.82 Å². The van der Waals surface area contributed by atoms with Gasteiger partial charge in [0.1, 0.15) is 0 Å². The summed E-state index contributed by atoms with van der Waals surface area (Å²) in [5.74, 6) is 1.27. The number of nitrogens with zero attached hydrogens (tertiary/aromatic N) is 2. The number of ether oxygens (including phenoxy) is 1. The van der Waals surface area contributed by atoms with Crippen LogP contribution in [0, 0.1) is 6.92 Å². The number of nitrogens with one attached hydrogen (secondary N) is 1. The maximum Gasteiger partial charge on any atom is 0.240 e. The van der Waals surface area contributed by atoms with Crippen LogP contribution < -0.4 is 5.32 Å². The first-order chi connectivity index (χ1) is 8.79. The summed E-state index contributed by atoms with van der Waals surface area (Å²) < 4.78 is 10.2. The van der Waals surface area contributed by atoms with Crippen molar-refractivity contribution in [1.82, 2.24) is 15.5 Å². The highest BCUT2D eigenvalue weighted by molar-refractivity contribution is 5.26. The molecule has 0 radical (unpaired) electrons. The van der Waals surface area contributed by atoms with Crippen molar-refractivity contribution in [2.45, 2.75) is 26.6 Å². The smallest absolute Gasteiger partial charge is 0.240 e. The van der Waals surface area contributed by atoms with Crippen molar-refractivity contribution in [1.29, 1.82) is 0 Å². The summed E-state index contributed by atoms with van der Waals surface area (Å²) in [5, 5.41) is 7.02. The Morgan fingerprint density at radius 1 is 1.22 bits per heavy atom. The second-order valence-electron chi connectivity index (χ2n) is 4.04. The lowest BCUT2D eigenvalue weighted by molar-refractivity contribution is 0.184. The van der Waals surface area contributed by atoms with Crippen LogP contribution >= 0.6 is 0 Å². The van der Waals surface area contributed by atoms with Crippen LogP contribution in [0.4, 0.5) is 0 Å². The third-order valence-corrected chi connectivity index (χ3v) is 2.58. The molecule has 0 aliphatic heterocycles. The quantitative estimate of drug-likeness (QED) is 0.843. The van der Waals surface area contributed by atoms with Gasteiger partial charge < -0.3 is 14.6 Å². The van der Waals surface area contributed by atoms with Gasteiger partial charge in [-0.2, -0.15) is 4.98 Å². The Labute approximate surface area is 106 Å². The van der Waals surface area contributed by atoms with E-state index in [1.54, 1.807) is 14.0 Å². The van der Waals surface area contributed by atoms with Gasteiger partial charge in [-0.05, 0) is 18.1 Å². The van der Waals surface area contributed by atoms with Gasteiger partial charge in [0, 0.05) is 13.7 Å². The van der Waals surface area contributed by atoms with Gasteiger partial charge in [-0.3, -0.25) is 0 Å². The van der Waals surface area contributed by atoms with Crippen molar-refractivity contribution in [2.24, 2.45) is 0 Å². The van der Waals surface area contributed by atoms with Crippen molar-refractivity contribution < 1.29 is 9.26 Å². The second kappa shape index (κ2) is 6.28. The summed E-state index contributed by atoms with van der Waals surface area (Å²) in [6, 6.07) is 8.18. The zero-order chi connectivity index (χ0) is 12.8. The molecular weight excluding hydrogens is 230 g/mol. The van der Waals surface area contributed by atoms with Crippen molar-refractivity contribution in [2.75, 3.05) is 7.11 Å². The second-order valence-corrected chi connectivity index (χ2v) is 4.04. The topological polar surface area (TPSA) is 60.2 Å². The van der Waals surface area contributed by atoms with Crippen LogP contribution in [0.5, 0.6) is 0 Å². The average Bonchev–Trinajstić information content (AvgIpc) is 2.78. The number of rotatable bonds is 6. The highest BCUT2D eigenvalue weighted by Crippen LogP contribution is 2.09. The van der Waals surface area contributed by atoms with E-state index in [1.165, 1.54) is 11.1 Å². The Kier molecular flexibility index (Phi) is 4.44. The zero-order valence-corrected chi connectivity index (χ0v) is 10.6. The molecule has 0 aliphatic rings. The molecule has 18 heavy (non-hydrogen) atoms. The van der Waals surface area contributed by atoms with Crippen LogP contribution in [0.3, 0.4) is 0 Å². The van der Waals surface area contributed by atoms with Crippen LogP contribution in [0.2, 0.25) is 0 Å². The van der Waals surface area contributed by atoms with Crippen LogP contribution in [-0.2, 0) is 24.4 Å². The fraction of sp³-hybridized carbons (Fsp3) is 0.385. The highest BCUT2D eigenvalue weighted by Gasteiger charge is 2.04. The van der Waals surface area contributed by atoms with E-state index < -0.39 is 0 Å². The zero-order valence-electron chi connectivity index (χ0n) is 10.6. The number of benzene rings is 1. The largest absolute Gasteiger partial charge is 0.380 e. The van der Waals surface area contributed by atoms with Gasteiger partial charge >= 0.3 is 0 Å².